The zero-order valence-corrected chi connectivity index (χ0v) is 11.6. The van der Waals surface area contributed by atoms with Gasteiger partial charge in [-0.2, -0.15) is 0 Å². The van der Waals surface area contributed by atoms with Gasteiger partial charge >= 0.3 is 5.97 Å². The minimum Gasteiger partial charge on any atom is -0.469 e. The highest BCUT2D eigenvalue weighted by Gasteiger charge is 2.29. The van der Waals surface area contributed by atoms with E-state index in [2.05, 4.69) is 4.74 Å². The minimum absolute atomic E-state index is 0.116. The Balaban J connectivity index is 2.48. The second-order valence-electron chi connectivity index (χ2n) is 4.62. The number of aliphatic hydroxyl groups is 1. The fourth-order valence-electron chi connectivity index (χ4n) is 2.08. The van der Waals surface area contributed by atoms with E-state index in [0.29, 0.717) is 25.9 Å². The summed E-state index contributed by atoms with van der Waals surface area (Å²) in [6, 6.07) is 0. The summed E-state index contributed by atoms with van der Waals surface area (Å²) in [5, 5.41) is 9.45. The molecule has 1 rings (SSSR count). The van der Waals surface area contributed by atoms with E-state index in [4.69, 9.17) is 0 Å². The third kappa shape index (κ3) is 4.22. The lowest BCUT2D eigenvalue weighted by atomic mass is 9.93. The molecule has 1 saturated heterocycles. The number of rotatable bonds is 5. The Bertz CT molecular complexity index is 371. The van der Waals surface area contributed by atoms with Crippen molar-refractivity contribution < 1.29 is 23.1 Å². The fourth-order valence-corrected chi connectivity index (χ4v) is 3.53. The summed E-state index contributed by atoms with van der Waals surface area (Å²) < 4.78 is 29.7. The number of carbonyl (C=O) groups is 1. The molecular formula is C11H21NO5S. The van der Waals surface area contributed by atoms with Gasteiger partial charge in [0.05, 0.1) is 25.4 Å². The summed E-state index contributed by atoms with van der Waals surface area (Å²) in [5.74, 6) is -0.562. The van der Waals surface area contributed by atoms with Gasteiger partial charge < -0.3 is 9.84 Å². The molecule has 0 aliphatic carbocycles. The summed E-state index contributed by atoms with van der Waals surface area (Å²) in [6.45, 7) is 2.56. The molecule has 0 aromatic rings. The Morgan fingerprint density at radius 2 is 2.00 bits per heavy atom. The number of ether oxygens (including phenoxy) is 1. The number of piperidine rings is 1. The van der Waals surface area contributed by atoms with Crippen LogP contribution >= 0.6 is 0 Å². The van der Waals surface area contributed by atoms with E-state index in [9.17, 15) is 18.3 Å². The maximum Gasteiger partial charge on any atom is 0.306 e. The maximum absolute atomic E-state index is 11.9. The van der Waals surface area contributed by atoms with Gasteiger partial charge in [-0.1, -0.05) is 0 Å². The van der Waals surface area contributed by atoms with Crippen LogP contribution in [0.3, 0.4) is 0 Å². The fraction of sp³-hybridized carbons (Fsp3) is 0.909. The third-order valence-corrected chi connectivity index (χ3v) is 5.24. The second-order valence-corrected chi connectivity index (χ2v) is 6.71. The van der Waals surface area contributed by atoms with Crippen molar-refractivity contribution in [2.24, 2.45) is 5.92 Å². The molecule has 1 aliphatic rings. The Morgan fingerprint density at radius 3 is 2.44 bits per heavy atom. The van der Waals surface area contributed by atoms with E-state index >= 15 is 0 Å². The van der Waals surface area contributed by atoms with E-state index in [0.717, 1.165) is 0 Å². The number of aliphatic hydroxyl groups excluding tert-OH is 1. The number of carbonyl (C=O) groups excluding carboxylic acids is 1. The summed E-state index contributed by atoms with van der Waals surface area (Å²) >= 11 is 0. The largest absolute Gasteiger partial charge is 0.469 e. The second kappa shape index (κ2) is 6.49. The van der Waals surface area contributed by atoms with Crippen LogP contribution in [0, 0.1) is 5.92 Å². The van der Waals surface area contributed by atoms with Gasteiger partial charge in [0.2, 0.25) is 10.0 Å². The Morgan fingerprint density at radius 1 is 1.44 bits per heavy atom. The summed E-state index contributed by atoms with van der Waals surface area (Å²) in [5.41, 5.74) is 0. The van der Waals surface area contributed by atoms with Gasteiger partial charge in [-0.15, -0.1) is 0 Å². The van der Waals surface area contributed by atoms with Crippen LogP contribution in [-0.2, 0) is 19.6 Å². The highest BCUT2D eigenvalue weighted by Crippen LogP contribution is 2.22. The van der Waals surface area contributed by atoms with E-state index in [1.165, 1.54) is 11.4 Å². The van der Waals surface area contributed by atoms with Crippen LogP contribution in [0.25, 0.3) is 0 Å². The quantitative estimate of drug-likeness (QED) is 0.715. The van der Waals surface area contributed by atoms with Crippen LogP contribution in [0.2, 0.25) is 0 Å². The number of sulfonamides is 1. The molecule has 1 N–H and O–H groups in total. The molecule has 0 bridgehead atoms. The first-order valence-corrected chi connectivity index (χ1v) is 7.70. The molecule has 1 aliphatic heterocycles. The van der Waals surface area contributed by atoms with Crippen LogP contribution in [0.15, 0.2) is 0 Å². The van der Waals surface area contributed by atoms with Crippen molar-refractivity contribution in [2.75, 3.05) is 26.0 Å². The van der Waals surface area contributed by atoms with Gasteiger partial charge in [-0.3, -0.25) is 4.79 Å². The van der Waals surface area contributed by atoms with Gasteiger partial charge in [0, 0.05) is 13.1 Å². The zero-order valence-electron chi connectivity index (χ0n) is 10.8. The average Bonchev–Trinajstić information content (AvgIpc) is 2.36. The van der Waals surface area contributed by atoms with Crippen LogP contribution in [0.1, 0.15) is 26.2 Å². The molecule has 106 valence electrons. The lowest BCUT2D eigenvalue weighted by molar-refractivity contribution is -0.140. The summed E-state index contributed by atoms with van der Waals surface area (Å²) in [6.07, 6.45) is 0.810. The number of hydrogen-bond acceptors (Lipinski definition) is 5. The minimum atomic E-state index is -3.39. The SMILES string of the molecule is COC(=O)CCS(=O)(=O)N1CCC(C(C)O)CC1. The Hall–Kier alpha value is -0.660. The molecule has 0 saturated carbocycles. The maximum atomic E-state index is 11.9. The molecule has 1 unspecified atom stereocenters. The predicted molar refractivity (Wildman–Crippen MR) is 66.4 cm³/mol. The summed E-state index contributed by atoms with van der Waals surface area (Å²) in [4.78, 5) is 10.9. The van der Waals surface area contributed by atoms with Gasteiger partial charge in [0.25, 0.3) is 0 Å². The van der Waals surface area contributed by atoms with E-state index < -0.39 is 22.1 Å². The molecule has 0 radical (unpaired) electrons. The van der Waals surface area contributed by atoms with Crippen molar-refractivity contribution in [3.63, 3.8) is 0 Å². The Labute approximate surface area is 108 Å². The van der Waals surface area contributed by atoms with Crippen molar-refractivity contribution >= 4 is 16.0 Å². The normalized spacial score (nSPS) is 20.6. The molecule has 7 heteroatoms. The molecule has 6 nitrogen and oxygen atoms in total. The van der Waals surface area contributed by atoms with E-state index in [-0.39, 0.29) is 18.1 Å². The smallest absolute Gasteiger partial charge is 0.306 e. The first-order chi connectivity index (χ1) is 8.36. The molecule has 1 atom stereocenters. The van der Waals surface area contributed by atoms with Crippen molar-refractivity contribution in [3.8, 4) is 0 Å². The molecular weight excluding hydrogens is 258 g/mol. The lowest BCUT2D eigenvalue weighted by Gasteiger charge is -2.32. The molecule has 1 fully saturated rings. The van der Waals surface area contributed by atoms with Crippen LogP contribution in [0.4, 0.5) is 0 Å². The molecule has 1 heterocycles. The van der Waals surface area contributed by atoms with Gasteiger partial charge in [0.1, 0.15) is 0 Å². The van der Waals surface area contributed by atoms with Crippen molar-refractivity contribution in [1.29, 1.82) is 0 Å². The van der Waals surface area contributed by atoms with Crippen LogP contribution < -0.4 is 0 Å². The molecule has 0 aromatic carbocycles. The molecule has 0 aromatic heterocycles. The van der Waals surface area contributed by atoms with Gasteiger partial charge in [-0.25, -0.2) is 12.7 Å². The van der Waals surface area contributed by atoms with Crippen LogP contribution in [0.5, 0.6) is 0 Å². The van der Waals surface area contributed by atoms with Crippen molar-refractivity contribution in [3.05, 3.63) is 0 Å². The monoisotopic (exact) mass is 279 g/mol. The van der Waals surface area contributed by atoms with Gasteiger partial charge in [0.15, 0.2) is 0 Å². The first kappa shape index (κ1) is 15.4. The zero-order chi connectivity index (χ0) is 13.8. The van der Waals surface area contributed by atoms with Gasteiger partial charge in [-0.05, 0) is 25.7 Å². The molecule has 0 spiro atoms. The summed E-state index contributed by atoms with van der Waals surface area (Å²) in [7, 11) is -2.15. The highest BCUT2D eigenvalue weighted by molar-refractivity contribution is 7.89. The number of hydrogen-bond donors (Lipinski definition) is 1. The van der Waals surface area contributed by atoms with E-state index in [1.54, 1.807) is 6.92 Å². The lowest BCUT2D eigenvalue weighted by Crippen LogP contribution is -2.42. The third-order valence-electron chi connectivity index (χ3n) is 3.37. The number of nitrogens with zero attached hydrogens (tertiary/aromatic N) is 1. The topological polar surface area (TPSA) is 83.9 Å². The number of esters is 1. The van der Waals surface area contributed by atoms with E-state index in [1.807, 2.05) is 0 Å². The predicted octanol–water partition coefficient (Wildman–Crippen LogP) is -0.0279. The Kier molecular flexibility index (Phi) is 5.55. The van der Waals surface area contributed by atoms with Crippen molar-refractivity contribution in [1.82, 2.24) is 4.31 Å². The molecule has 0 amide bonds. The average molecular weight is 279 g/mol. The standard InChI is InChI=1S/C11H21NO5S/c1-9(13)10-3-6-12(7-4-10)18(15,16)8-5-11(14)17-2/h9-10,13H,3-8H2,1-2H3. The first-order valence-electron chi connectivity index (χ1n) is 6.09. The van der Waals surface area contributed by atoms with Crippen molar-refractivity contribution in [2.45, 2.75) is 32.3 Å². The molecule has 18 heavy (non-hydrogen) atoms. The highest BCUT2D eigenvalue weighted by atomic mass is 32.2. The van der Waals surface area contributed by atoms with Crippen LogP contribution in [-0.4, -0.2) is 55.9 Å². The number of methoxy groups -OCH3 is 1.